The van der Waals surface area contributed by atoms with Gasteiger partial charge in [-0.15, -0.1) is 0 Å². The van der Waals surface area contributed by atoms with Crippen molar-refractivity contribution in [2.24, 2.45) is 0 Å². The number of aliphatic hydroxyl groups is 1. The van der Waals surface area contributed by atoms with Crippen molar-refractivity contribution in [3.8, 4) is 23.6 Å². The van der Waals surface area contributed by atoms with E-state index in [4.69, 9.17) is 32.3 Å². The van der Waals surface area contributed by atoms with Crippen LogP contribution in [0.1, 0.15) is 5.56 Å². The molecule has 2 N–H and O–H groups in total. The summed E-state index contributed by atoms with van der Waals surface area (Å²) >= 11 is 0. The molecule has 0 fully saturated rings. The molecule has 0 aromatic heterocycles. The Bertz CT molecular complexity index is 1150. The maximum Gasteiger partial charge on any atom is 0.397 e. The van der Waals surface area contributed by atoms with Crippen molar-refractivity contribution in [1.29, 1.82) is 10.5 Å². The Hall–Kier alpha value is -3.65. The smallest absolute Gasteiger partial charge is 0.397 e. The zero-order chi connectivity index (χ0) is 22.0. The van der Waals surface area contributed by atoms with Crippen molar-refractivity contribution in [2.75, 3.05) is 26.4 Å². The lowest BCUT2D eigenvalue weighted by Gasteiger charge is -2.15. The first-order valence-electron chi connectivity index (χ1n) is 7.69. The van der Waals surface area contributed by atoms with Crippen LogP contribution in [-0.4, -0.2) is 44.5 Å². The van der Waals surface area contributed by atoms with Crippen molar-refractivity contribution in [1.82, 2.24) is 0 Å². The van der Waals surface area contributed by atoms with Crippen LogP contribution in [0, 0.1) is 42.7 Å². The summed E-state index contributed by atoms with van der Waals surface area (Å²) in [6.45, 7) is 14.3. The zero-order valence-corrected chi connectivity index (χ0v) is 15.9. The van der Waals surface area contributed by atoms with Gasteiger partial charge >= 0.3 is 10.4 Å². The highest BCUT2D eigenvalue weighted by molar-refractivity contribution is 7.80. The molecule has 1 rings (SSSR count). The van der Waals surface area contributed by atoms with Crippen LogP contribution in [0.2, 0.25) is 0 Å². The second-order valence-electron chi connectivity index (χ2n) is 5.07. The highest BCUT2D eigenvalue weighted by atomic mass is 32.3. The van der Waals surface area contributed by atoms with Gasteiger partial charge in [-0.25, -0.2) is 24.4 Å². The second kappa shape index (κ2) is 10.6. The molecule has 11 nitrogen and oxygen atoms in total. The molecule has 0 saturated heterocycles. The van der Waals surface area contributed by atoms with E-state index in [-0.39, 0.29) is 52.1 Å². The minimum Gasteiger partial charge on any atom is -0.492 e. The van der Waals surface area contributed by atoms with Crippen LogP contribution in [0.3, 0.4) is 0 Å². The molecule has 150 valence electrons. The Balaban J connectivity index is 3.79. The molecule has 0 aliphatic rings. The van der Waals surface area contributed by atoms with E-state index in [1.165, 1.54) is 13.0 Å². The summed E-state index contributed by atoms with van der Waals surface area (Å²) in [5.74, 6) is -0.0868. The first-order chi connectivity index (χ1) is 13.7. The average molecular weight is 418 g/mol. The number of rotatable bonds is 8. The van der Waals surface area contributed by atoms with Crippen LogP contribution in [0.5, 0.6) is 11.5 Å². The molecule has 0 spiro atoms. The molecule has 0 aliphatic heterocycles. The molecule has 0 aliphatic carbocycles. The Morgan fingerprint density at radius 2 is 1.76 bits per heavy atom. The molecular formula is C17H14N4O7S. The summed E-state index contributed by atoms with van der Waals surface area (Å²) in [6, 6.07) is 4.60. The topological polar surface area (TPSA) is 159 Å². The molecule has 0 unspecified atom stereocenters. The fourth-order valence-corrected chi connectivity index (χ4v) is 2.54. The molecule has 0 atom stereocenters. The minimum absolute atomic E-state index is 0.00479. The molecule has 12 heteroatoms. The van der Waals surface area contributed by atoms with Crippen LogP contribution < -0.4 is 19.9 Å². The van der Waals surface area contributed by atoms with E-state index in [2.05, 4.69) is 13.9 Å². The summed E-state index contributed by atoms with van der Waals surface area (Å²) in [6.07, 6.45) is 0. The highest BCUT2D eigenvalue weighted by Gasteiger charge is 2.16. The standard InChI is InChI=1S/C17H14N4O7S/c1-11-16(14(10-19)21-3)15(26-6-7-28-29(23,24)25)8-12(13(9-18)20-2)17(11)27-5-4-22/h8,22H,4-7H2,1H3,(H,23,24,25). The number of aliphatic hydroxyl groups excluding tert-OH is 1. The third kappa shape index (κ3) is 6.18. The molecule has 0 amide bonds. The number of hydrogen-bond acceptors (Lipinski definition) is 8. The van der Waals surface area contributed by atoms with Gasteiger partial charge in [0.15, 0.2) is 0 Å². The van der Waals surface area contributed by atoms with E-state index in [0.29, 0.717) is 0 Å². The lowest BCUT2D eigenvalue weighted by atomic mass is 10.1. The third-order valence-corrected chi connectivity index (χ3v) is 3.78. The van der Waals surface area contributed by atoms with E-state index in [1.807, 2.05) is 0 Å². The van der Waals surface area contributed by atoms with Gasteiger partial charge in [-0.1, -0.05) is 0 Å². The zero-order valence-electron chi connectivity index (χ0n) is 15.0. The van der Waals surface area contributed by atoms with E-state index in [1.54, 1.807) is 12.1 Å². The largest absolute Gasteiger partial charge is 0.492 e. The molecule has 0 saturated carbocycles. The van der Waals surface area contributed by atoms with Gasteiger partial charge in [-0.3, -0.25) is 4.55 Å². The summed E-state index contributed by atoms with van der Waals surface area (Å²) in [7, 11) is -4.69. The van der Waals surface area contributed by atoms with Crippen LogP contribution >= 0.6 is 0 Å². The number of nitriles is 2. The fraction of sp³-hybridized carbons (Fsp3) is 0.294. The number of ether oxygens (including phenoxy) is 2. The molecule has 0 bridgehead atoms. The molecular weight excluding hydrogens is 404 g/mol. The molecule has 1 aromatic rings. The number of nitrogens with zero attached hydrogens (tertiary/aromatic N) is 4. The summed E-state index contributed by atoms with van der Waals surface area (Å²) in [5, 5.41) is 27.5. The van der Waals surface area contributed by atoms with Crippen molar-refractivity contribution >= 4 is 21.8 Å². The predicted molar refractivity (Wildman–Crippen MR) is 97.3 cm³/mol. The molecule has 0 heterocycles. The average Bonchev–Trinajstić information content (AvgIpc) is 2.67. The Kier molecular flexibility index (Phi) is 8.57. The van der Waals surface area contributed by atoms with Gasteiger partial charge in [0, 0.05) is 10.4 Å². The van der Waals surface area contributed by atoms with Gasteiger partial charge in [0.05, 0.1) is 31.9 Å². The molecule has 29 heavy (non-hydrogen) atoms. The fourth-order valence-electron chi connectivity index (χ4n) is 2.26. The highest BCUT2D eigenvalue weighted by Crippen LogP contribution is 2.17. The lowest BCUT2D eigenvalue weighted by molar-refractivity contribution is 0.196. The monoisotopic (exact) mass is 418 g/mol. The Morgan fingerprint density at radius 3 is 2.24 bits per heavy atom. The maximum atomic E-state index is 10.6. The predicted octanol–water partition coefficient (Wildman–Crippen LogP) is -0.334. The Labute approximate surface area is 166 Å². The first-order valence-corrected chi connectivity index (χ1v) is 9.06. The van der Waals surface area contributed by atoms with E-state index in [9.17, 15) is 18.9 Å². The van der Waals surface area contributed by atoms with E-state index >= 15 is 0 Å². The normalized spacial score (nSPS) is 12.5. The number of benzene rings is 1. The molecule has 1 aromatic carbocycles. The van der Waals surface area contributed by atoms with Crippen molar-refractivity contribution in [2.45, 2.75) is 6.92 Å². The second-order valence-corrected chi connectivity index (χ2v) is 6.16. The maximum absolute atomic E-state index is 10.6. The minimum atomic E-state index is -4.69. The van der Waals surface area contributed by atoms with Crippen LogP contribution in [0.4, 0.5) is 0 Å². The van der Waals surface area contributed by atoms with Crippen LogP contribution in [0.25, 0.3) is 21.1 Å². The summed E-state index contributed by atoms with van der Waals surface area (Å²) in [5.41, 5.74) is -0.548. The van der Waals surface area contributed by atoms with Crippen LogP contribution in [-0.2, 0) is 14.6 Å². The third-order valence-electron chi connectivity index (χ3n) is 3.32. The SMILES string of the molecule is [C-]#[N+]C(C#N)=c1cc(OCCOS(=O)(=O)O)c(=C(C#N)[N+]#[C-])c(C)c1OCCO. The summed E-state index contributed by atoms with van der Waals surface area (Å²) in [4.78, 5) is 6.23. The van der Waals surface area contributed by atoms with Gasteiger partial charge in [-0.2, -0.15) is 8.42 Å². The van der Waals surface area contributed by atoms with Gasteiger partial charge in [0.1, 0.15) is 31.3 Å². The van der Waals surface area contributed by atoms with E-state index in [0.717, 1.165) is 0 Å². The van der Waals surface area contributed by atoms with Crippen molar-refractivity contribution in [3.05, 3.63) is 44.9 Å². The van der Waals surface area contributed by atoms with Crippen LogP contribution in [0.15, 0.2) is 6.07 Å². The molecule has 0 radical (unpaired) electrons. The van der Waals surface area contributed by atoms with Gasteiger partial charge in [-0.05, 0) is 18.6 Å². The lowest BCUT2D eigenvalue weighted by Crippen LogP contribution is -2.25. The first kappa shape index (κ1) is 23.4. The summed E-state index contributed by atoms with van der Waals surface area (Å²) < 4.78 is 44.8. The van der Waals surface area contributed by atoms with Crippen molar-refractivity contribution < 1.29 is 31.7 Å². The van der Waals surface area contributed by atoms with Crippen molar-refractivity contribution in [3.63, 3.8) is 0 Å². The number of hydrogen-bond donors (Lipinski definition) is 2. The van der Waals surface area contributed by atoms with Gasteiger partial charge in [0.25, 0.3) is 11.4 Å². The van der Waals surface area contributed by atoms with E-state index < -0.39 is 23.6 Å². The van der Waals surface area contributed by atoms with Gasteiger partial charge < -0.3 is 14.6 Å². The quantitative estimate of drug-likeness (QED) is 0.327. The van der Waals surface area contributed by atoms with Gasteiger partial charge in [0.2, 0.25) is 0 Å². The Morgan fingerprint density at radius 1 is 1.14 bits per heavy atom.